The Kier molecular flexibility index (Phi) is 2.72. The number of halogens is 1. The predicted octanol–water partition coefficient (Wildman–Crippen LogP) is 2.56. The maximum atomic E-state index is 11.2. The van der Waals surface area contributed by atoms with Crippen LogP contribution < -0.4 is 0 Å². The molecule has 0 spiro atoms. The van der Waals surface area contributed by atoms with Gasteiger partial charge in [0.25, 0.3) is 0 Å². The maximum Gasteiger partial charge on any atom is 0.236 e. The quantitative estimate of drug-likeness (QED) is 0.776. The fourth-order valence-corrected chi connectivity index (χ4v) is 2.99. The first-order valence-electron chi connectivity index (χ1n) is 4.85. The van der Waals surface area contributed by atoms with Gasteiger partial charge in [0.15, 0.2) is 0 Å². The van der Waals surface area contributed by atoms with Crippen molar-refractivity contribution >= 4 is 30.6 Å². The number of nitrogens with zero attached hydrogens (tertiary/aromatic N) is 1. The standard InChI is InChI=1S/C11H12ClNO2S/c1-8-10(7-16(12,14)15)9-5-3-4-6-11(9)13(8)2/h3-6H,7H2,1-2H3. The summed E-state index contributed by atoms with van der Waals surface area (Å²) >= 11 is 0. The van der Waals surface area contributed by atoms with Crippen molar-refractivity contribution < 1.29 is 8.42 Å². The summed E-state index contributed by atoms with van der Waals surface area (Å²) in [5, 5.41) is 0.951. The van der Waals surface area contributed by atoms with E-state index in [0.29, 0.717) is 0 Å². The molecule has 0 bridgehead atoms. The summed E-state index contributed by atoms with van der Waals surface area (Å²) in [6, 6.07) is 7.71. The molecule has 1 aromatic heterocycles. The molecule has 0 amide bonds. The third-order valence-corrected chi connectivity index (χ3v) is 3.81. The Morgan fingerprint density at radius 2 is 1.94 bits per heavy atom. The second-order valence-electron chi connectivity index (χ2n) is 3.82. The van der Waals surface area contributed by atoms with Crippen molar-refractivity contribution in [1.29, 1.82) is 0 Å². The summed E-state index contributed by atoms with van der Waals surface area (Å²) in [7, 11) is 3.71. The Morgan fingerprint density at radius 3 is 2.56 bits per heavy atom. The molecule has 0 unspecified atom stereocenters. The Bertz CT molecular complexity index is 643. The molecule has 1 aromatic carbocycles. The minimum absolute atomic E-state index is 0.123. The van der Waals surface area contributed by atoms with E-state index in [1.54, 1.807) is 0 Å². The van der Waals surface area contributed by atoms with Crippen molar-refractivity contribution in [2.45, 2.75) is 12.7 Å². The monoisotopic (exact) mass is 257 g/mol. The zero-order valence-electron chi connectivity index (χ0n) is 9.07. The van der Waals surface area contributed by atoms with Crippen LogP contribution in [-0.4, -0.2) is 13.0 Å². The first-order chi connectivity index (χ1) is 7.40. The lowest BCUT2D eigenvalue weighted by Crippen LogP contribution is -1.98. The van der Waals surface area contributed by atoms with E-state index >= 15 is 0 Å². The van der Waals surface area contributed by atoms with Gasteiger partial charge >= 0.3 is 0 Å². The fraction of sp³-hybridized carbons (Fsp3) is 0.273. The van der Waals surface area contributed by atoms with E-state index in [0.717, 1.165) is 22.2 Å². The number of hydrogen-bond acceptors (Lipinski definition) is 2. The predicted molar refractivity (Wildman–Crippen MR) is 66.1 cm³/mol. The van der Waals surface area contributed by atoms with Crippen molar-refractivity contribution in [3.8, 4) is 0 Å². The average molecular weight is 258 g/mol. The van der Waals surface area contributed by atoms with E-state index in [4.69, 9.17) is 10.7 Å². The van der Waals surface area contributed by atoms with Crippen LogP contribution in [0.25, 0.3) is 10.9 Å². The van der Waals surface area contributed by atoms with Crippen molar-refractivity contribution in [3.63, 3.8) is 0 Å². The van der Waals surface area contributed by atoms with Gasteiger partial charge in [-0.25, -0.2) is 8.42 Å². The van der Waals surface area contributed by atoms with Crippen LogP contribution in [0.3, 0.4) is 0 Å². The highest BCUT2D eigenvalue weighted by molar-refractivity contribution is 8.13. The van der Waals surface area contributed by atoms with E-state index in [-0.39, 0.29) is 5.75 Å². The Hall–Kier alpha value is -1.00. The third kappa shape index (κ3) is 1.95. The molecule has 0 aliphatic heterocycles. The fourth-order valence-electron chi connectivity index (χ4n) is 1.95. The van der Waals surface area contributed by atoms with Crippen LogP contribution in [0.2, 0.25) is 0 Å². The Balaban J connectivity index is 2.74. The lowest BCUT2D eigenvalue weighted by Gasteiger charge is -1.99. The summed E-state index contributed by atoms with van der Waals surface area (Å²) in [4.78, 5) is 0. The van der Waals surface area contributed by atoms with Crippen LogP contribution in [-0.2, 0) is 21.9 Å². The molecular weight excluding hydrogens is 246 g/mol. The largest absolute Gasteiger partial charge is 0.348 e. The molecule has 2 rings (SSSR count). The SMILES string of the molecule is Cc1c(CS(=O)(=O)Cl)c2ccccc2n1C. The molecule has 86 valence electrons. The first kappa shape index (κ1) is 11.5. The zero-order valence-corrected chi connectivity index (χ0v) is 10.6. The van der Waals surface area contributed by atoms with Crippen molar-refractivity contribution in [2.24, 2.45) is 7.05 Å². The molecule has 16 heavy (non-hydrogen) atoms. The maximum absolute atomic E-state index is 11.2. The minimum atomic E-state index is -3.52. The summed E-state index contributed by atoms with van der Waals surface area (Å²) in [6.07, 6.45) is 0. The summed E-state index contributed by atoms with van der Waals surface area (Å²) in [5.74, 6) is -0.123. The second kappa shape index (κ2) is 3.79. The molecule has 5 heteroatoms. The van der Waals surface area contributed by atoms with Gasteiger partial charge in [-0.05, 0) is 18.6 Å². The van der Waals surface area contributed by atoms with Gasteiger partial charge in [-0.1, -0.05) is 18.2 Å². The van der Waals surface area contributed by atoms with Gasteiger partial charge in [0.1, 0.15) is 0 Å². The van der Waals surface area contributed by atoms with Gasteiger partial charge in [-0.2, -0.15) is 0 Å². The van der Waals surface area contributed by atoms with Gasteiger partial charge in [0.05, 0.1) is 5.75 Å². The topological polar surface area (TPSA) is 39.1 Å². The number of aromatic nitrogens is 1. The highest BCUT2D eigenvalue weighted by Gasteiger charge is 2.16. The number of fused-ring (bicyclic) bond motifs is 1. The first-order valence-corrected chi connectivity index (χ1v) is 7.33. The van der Waals surface area contributed by atoms with E-state index in [2.05, 4.69) is 0 Å². The molecule has 0 N–H and O–H groups in total. The van der Waals surface area contributed by atoms with Crippen LogP contribution in [0.1, 0.15) is 11.3 Å². The smallest absolute Gasteiger partial charge is 0.236 e. The molecule has 0 radical (unpaired) electrons. The number of benzene rings is 1. The van der Waals surface area contributed by atoms with E-state index in [1.165, 1.54) is 0 Å². The Labute approximate surface area is 99.1 Å². The van der Waals surface area contributed by atoms with E-state index in [1.807, 2.05) is 42.8 Å². The summed E-state index contributed by atoms with van der Waals surface area (Å²) in [6.45, 7) is 1.90. The van der Waals surface area contributed by atoms with Crippen LogP contribution in [0.4, 0.5) is 0 Å². The molecule has 0 saturated carbocycles. The second-order valence-corrected chi connectivity index (χ2v) is 6.60. The normalized spacial score (nSPS) is 12.2. The minimum Gasteiger partial charge on any atom is -0.348 e. The molecule has 0 fully saturated rings. The van der Waals surface area contributed by atoms with Crippen molar-refractivity contribution in [2.75, 3.05) is 0 Å². The molecule has 0 saturated heterocycles. The van der Waals surface area contributed by atoms with Crippen LogP contribution in [0, 0.1) is 6.92 Å². The third-order valence-electron chi connectivity index (χ3n) is 2.85. The number of aryl methyl sites for hydroxylation is 1. The Morgan fingerprint density at radius 1 is 1.31 bits per heavy atom. The van der Waals surface area contributed by atoms with Crippen LogP contribution in [0.5, 0.6) is 0 Å². The molecule has 3 nitrogen and oxygen atoms in total. The lowest BCUT2D eigenvalue weighted by atomic mass is 10.1. The zero-order chi connectivity index (χ0) is 11.9. The molecule has 2 aromatic rings. The van der Waals surface area contributed by atoms with Crippen LogP contribution in [0.15, 0.2) is 24.3 Å². The van der Waals surface area contributed by atoms with Gasteiger partial charge in [0, 0.05) is 34.3 Å². The highest BCUT2D eigenvalue weighted by atomic mass is 35.7. The van der Waals surface area contributed by atoms with Crippen molar-refractivity contribution in [1.82, 2.24) is 4.57 Å². The van der Waals surface area contributed by atoms with Gasteiger partial charge in [0.2, 0.25) is 9.05 Å². The summed E-state index contributed by atoms with van der Waals surface area (Å²) < 4.78 is 24.3. The van der Waals surface area contributed by atoms with Crippen molar-refractivity contribution in [3.05, 3.63) is 35.5 Å². The summed E-state index contributed by atoms with van der Waals surface area (Å²) in [5.41, 5.74) is 2.74. The molecule has 0 aliphatic carbocycles. The van der Waals surface area contributed by atoms with Gasteiger partial charge < -0.3 is 4.57 Å². The number of rotatable bonds is 2. The molecule has 0 aliphatic rings. The number of para-hydroxylation sites is 1. The van der Waals surface area contributed by atoms with E-state index < -0.39 is 9.05 Å². The van der Waals surface area contributed by atoms with Crippen LogP contribution >= 0.6 is 10.7 Å². The number of hydrogen-bond donors (Lipinski definition) is 0. The highest BCUT2D eigenvalue weighted by Crippen LogP contribution is 2.27. The lowest BCUT2D eigenvalue weighted by molar-refractivity contribution is 0.609. The molecule has 0 atom stereocenters. The van der Waals surface area contributed by atoms with E-state index in [9.17, 15) is 8.42 Å². The van der Waals surface area contributed by atoms with Gasteiger partial charge in [-0.3, -0.25) is 0 Å². The molecular formula is C11H12ClNO2S. The molecule has 1 heterocycles. The average Bonchev–Trinajstić information content (AvgIpc) is 2.43. The van der Waals surface area contributed by atoms with Gasteiger partial charge in [-0.15, -0.1) is 0 Å².